The van der Waals surface area contributed by atoms with Crippen LogP contribution in [0.3, 0.4) is 0 Å². The van der Waals surface area contributed by atoms with Crippen molar-refractivity contribution in [3.8, 4) is 0 Å². The van der Waals surface area contributed by atoms with E-state index in [2.05, 4.69) is 23.6 Å². The average Bonchev–Trinajstić information content (AvgIpc) is 2.98. The van der Waals surface area contributed by atoms with Crippen molar-refractivity contribution in [2.24, 2.45) is 11.1 Å². The Kier molecular flexibility index (Phi) is 4.60. The minimum Gasteiger partial charge on any atom is -0.379 e. The highest BCUT2D eigenvalue weighted by Gasteiger charge is 2.51. The van der Waals surface area contributed by atoms with Crippen molar-refractivity contribution < 1.29 is 4.74 Å². The summed E-state index contributed by atoms with van der Waals surface area (Å²) in [7, 11) is 0. The van der Waals surface area contributed by atoms with Gasteiger partial charge in [0, 0.05) is 44.3 Å². The zero-order chi connectivity index (χ0) is 14.9. The predicted molar refractivity (Wildman–Crippen MR) is 86.4 cm³/mol. The van der Waals surface area contributed by atoms with Gasteiger partial charge in [-0.3, -0.25) is 9.80 Å². The third kappa shape index (κ3) is 2.76. The Morgan fingerprint density at radius 3 is 2.48 bits per heavy atom. The fraction of sp³-hybridized carbons (Fsp3) is 1.00. The number of nitrogens with zero attached hydrogens (tertiary/aromatic N) is 2. The Morgan fingerprint density at radius 2 is 1.81 bits per heavy atom. The maximum atomic E-state index is 6.34. The van der Waals surface area contributed by atoms with E-state index in [4.69, 9.17) is 10.5 Å². The molecule has 2 unspecified atom stereocenters. The minimum atomic E-state index is 0.228. The van der Waals surface area contributed by atoms with Gasteiger partial charge < -0.3 is 10.5 Å². The van der Waals surface area contributed by atoms with Gasteiger partial charge in [0.25, 0.3) is 0 Å². The molecule has 0 aromatic carbocycles. The van der Waals surface area contributed by atoms with E-state index in [0.717, 1.165) is 38.9 Å². The van der Waals surface area contributed by atoms with Gasteiger partial charge in [-0.1, -0.05) is 26.7 Å². The fourth-order valence-electron chi connectivity index (χ4n) is 5.02. The summed E-state index contributed by atoms with van der Waals surface area (Å²) in [4.78, 5) is 5.40. The molecule has 4 nitrogen and oxygen atoms in total. The molecular formula is C17H33N3O. The van der Waals surface area contributed by atoms with Gasteiger partial charge in [0.1, 0.15) is 0 Å². The van der Waals surface area contributed by atoms with Crippen molar-refractivity contribution in [1.29, 1.82) is 0 Å². The number of ether oxygens (including phenoxy) is 1. The second kappa shape index (κ2) is 6.15. The second-order valence-electron chi connectivity index (χ2n) is 7.86. The lowest BCUT2D eigenvalue weighted by Crippen LogP contribution is -2.63. The zero-order valence-corrected chi connectivity index (χ0v) is 13.9. The van der Waals surface area contributed by atoms with E-state index < -0.39 is 0 Å². The summed E-state index contributed by atoms with van der Waals surface area (Å²) in [5, 5.41) is 0. The predicted octanol–water partition coefficient (Wildman–Crippen LogP) is 1.69. The molecule has 0 amide bonds. The summed E-state index contributed by atoms with van der Waals surface area (Å²) in [6.07, 6.45) is 6.63. The maximum absolute atomic E-state index is 6.34. The highest BCUT2D eigenvalue weighted by Crippen LogP contribution is 2.48. The first-order chi connectivity index (χ1) is 10.1. The molecule has 2 atom stereocenters. The van der Waals surface area contributed by atoms with Crippen LogP contribution >= 0.6 is 0 Å². The third-order valence-corrected chi connectivity index (χ3v) is 6.57. The molecule has 2 heterocycles. The van der Waals surface area contributed by atoms with Crippen molar-refractivity contribution in [2.75, 3.05) is 45.9 Å². The Hall–Kier alpha value is -0.160. The molecule has 0 aromatic heterocycles. The van der Waals surface area contributed by atoms with Gasteiger partial charge >= 0.3 is 0 Å². The van der Waals surface area contributed by atoms with Crippen LogP contribution in [0.15, 0.2) is 0 Å². The SMILES string of the molecule is CC1(C)CCCCC1(CN)N1CCC(N2CCOCC2)C1. The molecule has 3 fully saturated rings. The van der Waals surface area contributed by atoms with Gasteiger partial charge in [0.2, 0.25) is 0 Å². The lowest BCUT2D eigenvalue weighted by Gasteiger charge is -2.55. The van der Waals surface area contributed by atoms with Crippen LogP contribution in [0.2, 0.25) is 0 Å². The summed E-state index contributed by atoms with van der Waals surface area (Å²) in [6, 6.07) is 0.718. The van der Waals surface area contributed by atoms with E-state index >= 15 is 0 Å². The van der Waals surface area contributed by atoms with Crippen LogP contribution in [0.5, 0.6) is 0 Å². The van der Waals surface area contributed by atoms with Gasteiger partial charge in [-0.05, 0) is 24.7 Å². The number of morpholine rings is 1. The quantitative estimate of drug-likeness (QED) is 0.860. The minimum absolute atomic E-state index is 0.228. The molecule has 3 aliphatic rings. The molecule has 3 rings (SSSR count). The molecule has 0 aromatic rings. The molecule has 2 saturated heterocycles. The molecular weight excluding hydrogens is 262 g/mol. The summed E-state index contributed by atoms with van der Waals surface area (Å²) < 4.78 is 5.50. The molecule has 1 saturated carbocycles. The van der Waals surface area contributed by atoms with Crippen molar-refractivity contribution >= 4 is 0 Å². The summed E-state index contributed by atoms with van der Waals surface area (Å²) in [5.41, 5.74) is 6.92. The number of hydrogen-bond acceptors (Lipinski definition) is 4. The first-order valence-electron chi connectivity index (χ1n) is 8.86. The summed E-state index contributed by atoms with van der Waals surface area (Å²) in [5.74, 6) is 0. The molecule has 4 heteroatoms. The van der Waals surface area contributed by atoms with Gasteiger partial charge in [-0.15, -0.1) is 0 Å². The molecule has 1 aliphatic carbocycles. The van der Waals surface area contributed by atoms with Crippen molar-refractivity contribution in [2.45, 2.75) is 57.5 Å². The molecule has 122 valence electrons. The lowest BCUT2D eigenvalue weighted by molar-refractivity contribution is -0.0381. The molecule has 2 aliphatic heterocycles. The Bertz CT molecular complexity index is 354. The van der Waals surface area contributed by atoms with Crippen LogP contribution in [0, 0.1) is 5.41 Å². The normalized spacial score (nSPS) is 38.7. The molecule has 0 radical (unpaired) electrons. The van der Waals surface area contributed by atoms with E-state index in [0.29, 0.717) is 5.41 Å². The third-order valence-electron chi connectivity index (χ3n) is 6.57. The van der Waals surface area contributed by atoms with Crippen LogP contribution in [-0.4, -0.2) is 67.3 Å². The van der Waals surface area contributed by atoms with E-state index in [-0.39, 0.29) is 5.54 Å². The second-order valence-corrected chi connectivity index (χ2v) is 7.86. The first kappa shape index (κ1) is 15.7. The highest BCUT2D eigenvalue weighted by atomic mass is 16.5. The van der Waals surface area contributed by atoms with E-state index in [9.17, 15) is 0 Å². The van der Waals surface area contributed by atoms with Crippen LogP contribution < -0.4 is 5.73 Å². The molecule has 0 bridgehead atoms. The Morgan fingerprint density at radius 1 is 1.10 bits per heavy atom. The van der Waals surface area contributed by atoms with Gasteiger partial charge in [-0.25, -0.2) is 0 Å². The lowest BCUT2D eigenvalue weighted by atomic mass is 9.62. The summed E-state index contributed by atoms with van der Waals surface area (Å²) >= 11 is 0. The van der Waals surface area contributed by atoms with Crippen molar-refractivity contribution in [1.82, 2.24) is 9.80 Å². The van der Waals surface area contributed by atoms with Crippen molar-refractivity contribution in [3.63, 3.8) is 0 Å². The molecule has 0 spiro atoms. The number of hydrogen-bond donors (Lipinski definition) is 1. The van der Waals surface area contributed by atoms with Crippen LogP contribution in [0.4, 0.5) is 0 Å². The largest absolute Gasteiger partial charge is 0.379 e. The smallest absolute Gasteiger partial charge is 0.0594 e. The van der Waals surface area contributed by atoms with Crippen LogP contribution in [0.1, 0.15) is 46.0 Å². The first-order valence-corrected chi connectivity index (χ1v) is 8.86. The van der Waals surface area contributed by atoms with Gasteiger partial charge in [0.05, 0.1) is 13.2 Å². The van der Waals surface area contributed by atoms with E-state index in [1.165, 1.54) is 45.2 Å². The average molecular weight is 295 g/mol. The van der Waals surface area contributed by atoms with Crippen LogP contribution in [-0.2, 0) is 4.74 Å². The number of nitrogens with two attached hydrogens (primary N) is 1. The highest BCUT2D eigenvalue weighted by molar-refractivity contribution is 5.07. The molecule has 2 N–H and O–H groups in total. The fourth-order valence-corrected chi connectivity index (χ4v) is 5.02. The van der Waals surface area contributed by atoms with Crippen molar-refractivity contribution in [3.05, 3.63) is 0 Å². The standard InChI is InChI=1S/C17H33N3O/c1-16(2)6-3-4-7-17(16,14-18)20-8-5-15(13-20)19-9-11-21-12-10-19/h15H,3-14,18H2,1-2H3. The van der Waals surface area contributed by atoms with E-state index in [1.54, 1.807) is 0 Å². The number of rotatable bonds is 3. The number of likely N-dealkylation sites (tertiary alicyclic amines) is 1. The molecule has 21 heavy (non-hydrogen) atoms. The Labute approximate surface area is 130 Å². The van der Waals surface area contributed by atoms with Crippen LogP contribution in [0.25, 0.3) is 0 Å². The van der Waals surface area contributed by atoms with E-state index in [1.807, 2.05) is 0 Å². The van der Waals surface area contributed by atoms with Gasteiger partial charge in [-0.2, -0.15) is 0 Å². The Balaban J connectivity index is 1.71. The topological polar surface area (TPSA) is 41.7 Å². The maximum Gasteiger partial charge on any atom is 0.0594 e. The zero-order valence-electron chi connectivity index (χ0n) is 13.9. The summed E-state index contributed by atoms with van der Waals surface area (Å²) in [6.45, 7) is 12.2. The van der Waals surface area contributed by atoms with Gasteiger partial charge in [0.15, 0.2) is 0 Å². The monoisotopic (exact) mass is 295 g/mol.